The van der Waals surface area contributed by atoms with E-state index in [0.29, 0.717) is 17.1 Å². The Morgan fingerprint density at radius 1 is 1.57 bits per heavy atom. The van der Waals surface area contributed by atoms with Crippen LogP contribution in [0.3, 0.4) is 0 Å². The lowest BCUT2D eigenvalue weighted by atomic mass is 10.2. The Balaban J connectivity index is 2.79. The van der Waals surface area contributed by atoms with Crippen molar-refractivity contribution < 1.29 is 4.74 Å². The number of pyridine rings is 1. The van der Waals surface area contributed by atoms with Crippen molar-refractivity contribution in [2.45, 2.75) is 6.92 Å². The van der Waals surface area contributed by atoms with E-state index in [1.807, 2.05) is 13.0 Å². The Hall–Kier alpha value is -2.09. The molecular formula is C9H8N4O. The van der Waals surface area contributed by atoms with Crippen molar-refractivity contribution in [1.82, 2.24) is 15.2 Å². The van der Waals surface area contributed by atoms with Gasteiger partial charge in [0.25, 0.3) is 0 Å². The molecule has 0 aliphatic rings. The van der Waals surface area contributed by atoms with Gasteiger partial charge in [-0.3, -0.25) is 5.10 Å². The van der Waals surface area contributed by atoms with Crippen molar-refractivity contribution >= 4 is 11.0 Å². The number of fused-ring (bicyclic) bond motifs is 1. The van der Waals surface area contributed by atoms with Crippen LogP contribution in [0.15, 0.2) is 6.07 Å². The second kappa shape index (κ2) is 3.00. The van der Waals surface area contributed by atoms with Gasteiger partial charge < -0.3 is 4.74 Å². The van der Waals surface area contributed by atoms with Crippen molar-refractivity contribution in [2.75, 3.05) is 7.11 Å². The first kappa shape index (κ1) is 8.51. The van der Waals surface area contributed by atoms with Crippen LogP contribution in [-0.4, -0.2) is 22.3 Å². The first-order valence-corrected chi connectivity index (χ1v) is 4.06. The third-order valence-electron chi connectivity index (χ3n) is 2.01. The Morgan fingerprint density at radius 2 is 2.36 bits per heavy atom. The minimum atomic E-state index is 0.312. The van der Waals surface area contributed by atoms with E-state index in [1.54, 1.807) is 6.07 Å². The van der Waals surface area contributed by atoms with Gasteiger partial charge in [0.1, 0.15) is 11.6 Å². The smallest absolute Gasteiger partial charge is 0.233 e. The van der Waals surface area contributed by atoms with Gasteiger partial charge in [-0.25, -0.2) is 0 Å². The monoisotopic (exact) mass is 188 g/mol. The number of aromatic amines is 1. The van der Waals surface area contributed by atoms with Gasteiger partial charge in [-0.2, -0.15) is 15.3 Å². The molecule has 70 valence electrons. The van der Waals surface area contributed by atoms with Gasteiger partial charge in [0, 0.05) is 11.1 Å². The number of nitrogens with zero attached hydrogens (tertiary/aromatic N) is 3. The summed E-state index contributed by atoms with van der Waals surface area (Å²) in [6.07, 6.45) is 0. The SMILES string of the molecule is COc1nc2n[nH]c(C)c2cc1C#N. The van der Waals surface area contributed by atoms with Crippen molar-refractivity contribution in [1.29, 1.82) is 5.26 Å². The molecule has 0 unspecified atom stereocenters. The number of nitriles is 1. The van der Waals surface area contributed by atoms with Gasteiger partial charge in [-0.05, 0) is 13.0 Å². The molecule has 2 aromatic heterocycles. The highest BCUT2D eigenvalue weighted by molar-refractivity contribution is 5.80. The molecule has 0 aliphatic carbocycles. The number of H-pyrrole nitrogens is 1. The summed E-state index contributed by atoms with van der Waals surface area (Å²) >= 11 is 0. The van der Waals surface area contributed by atoms with E-state index in [9.17, 15) is 0 Å². The Morgan fingerprint density at radius 3 is 3.00 bits per heavy atom. The van der Waals surface area contributed by atoms with Gasteiger partial charge in [0.05, 0.1) is 7.11 Å². The molecule has 0 aromatic carbocycles. The zero-order valence-corrected chi connectivity index (χ0v) is 7.83. The van der Waals surface area contributed by atoms with E-state index in [4.69, 9.17) is 10.00 Å². The fraction of sp³-hybridized carbons (Fsp3) is 0.222. The summed E-state index contributed by atoms with van der Waals surface area (Å²) in [4.78, 5) is 4.10. The van der Waals surface area contributed by atoms with E-state index in [1.165, 1.54) is 7.11 Å². The maximum atomic E-state index is 8.84. The number of aromatic nitrogens is 3. The molecule has 2 heterocycles. The van der Waals surface area contributed by atoms with Crippen LogP contribution in [-0.2, 0) is 0 Å². The van der Waals surface area contributed by atoms with Crippen LogP contribution < -0.4 is 4.74 Å². The number of methoxy groups -OCH3 is 1. The zero-order chi connectivity index (χ0) is 10.1. The molecule has 2 rings (SSSR count). The lowest BCUT2D eigenvalue weighted by Gasteiger charge is -1.99. The molecule has 0 atom stereocenters. The Bertz CT molecular complexity index is 523. The summed E-state index contributed by atoms with van der Waals surface area (Å²) < 4.78 is 4.97. The number of nitrogens with one attached hydrogen (secondary N) is 1. The highest BCUT2D eigenvalue weighted by Gasteiger charge is 2.10. The molecule has 0 radical (unpaired) electrons. The summed E-state index contributed by atoms with van der Waals surface area (Å²) in [6, 6.07) is 3.75. The van der Waals surface area contributed by atoms with Gasteiger partial charge in [-0.1, -0.05) is 0 Å². The van der Waals surface area contributed by atoms with Crippen molar-refractivity contribution in [2.24, 2.45) is 0 Å². The van der Waals surface area contributed by atoms with Gasteiger partial charge in [0.2, 0.25) is 5.88 Å². The van der Waals surface area contributed by atoms with Crippen LogP contribution >= 0.6 is 0 Å². The van der Waals surface area contributed by atoms with E-state index >= 15 is 0 Å². The van der Waals surface area contributed by atoms with Gasteiger partial charge in [0.15, 0.2) is 5.65 Å². The van der Waals surface area contributed by atoms with E-state index in [-0.39, 0.29) is 0 Å². The minimum Gasteiger partial charge on any atom is -0.480 e. The molecule has 1 N–H and O–H groups in total. The van der Waals surface area contributed by atoms with E-state index < -0.39 is 0 Å². The summed E-state index contributed by atoms with van der Waals surface area (Å²) in [5, 5.41) is 16.5. The second-order valence-corrected chi connectivity index (χ2v) is 2.88. The molecule has 0 fully saturated rings. The molecule has 0 bridgehead atoms. The van der Waals surface area contributed by atoms with Crippen LogP contribution in [0.2, 0.25) is 0 Å². The van der Waals surface area contributed by atoms with Crippen LogP contribution in [0.5, 0.6) is 5.88 Å². The van der Waals surface area contributed by atoms with Crippen LogP contribution in [0.1, 0.15) is 11.3 Å². The largest absolute Gasteiger partial charge is 0.480 e. The summed E-state index contributed by atoms with van der Waals surface area (Å²) in [5.41, 5.74) is 1.88. The normalized spacial score (nSPS) is 10.1. The lowest BCUT2D eigenvalue weighted by Crippen LogP contribution is -1.92. The maximum Gasteiger partial charge on any atom is 0.233 e. The van der Waals surface area contributed by atoms with Gasteiger partial charge >= 0.3 is 0 Å². The van der Waals surface area contributed by atoms with Crippen LogP contribution in [0.4, 0.5) is 0 Å². The molecule has 0 aliphatic heterocycles. The molecule has 0 saturated heterocycles. The van der Waals surface area contributed by atoms with Crippen molar-refractivity contribution in [3.63, 3.8) is 0 Å². The van der Waals surface area contributed by atoms with E-state index in [2.05, 4.69) is 15.2 Å². The summed E-state index contributed by atoms with van der Waals surface area (Å²) in [7, 11) is 1.48. The molecule has 5 nitrogen and oxygen atoms in total. The molecule has 5 heteroatoms. The Kier molecular flexibility index (Phi) is 1.82. The second-order valence-electron chi connectivity index (χ2n) is 2.88. The predicted octanol–water partition coefficient (Wildman–Crippen LogP) is 1.15. The van der Waals surface area contributed by atoms with E-state index in [0.717, 1.165) is 11.1 Å². The fourth-order valence-corrected chi connectivity index (χ4v) is 1.28. The molecule has 2 aromatic rings. The average molecular weight is 188 g/mol. The third-order valence-corrected chi connectivity index (χ3v) is 2.01. The molecule has 0 spiro atoms. The van der Waals surface area contributed by atoms with Crippen molar-refractivity contribution in [3.8, 4) is 11.9 Å². The number of rotatable bonds is 1. The van der Waals surface area contributed by atoms with Crippen LogP contribution in [0.25, 0.3) is 11.0 Å². The van der Waals surface area contributed by atoms with Crippen LogP contribution in [0, 0.1) is 18.3 Å². The summed E-state index contributed by atoms with van der Waals surface area (Å²) in [5.74, 6) is 0.312. The topological polar surface area (TPSA) is 74.6 Å². The predicted molar refractivity (Wildman–Crippen MR) is 49.9 cm³/mol. The number of aryl methyl sites for hydroxylation is 1. The first-order chi connectivity index (χ1) is 6.76. The number of hydrogen-bond donors (Lipinski definition) is 1. The molecule has 14 heavy (non-hydrogen) atoms. The molecule has 0 saturated carbocycles. The molecular weight excluding hydrogens is 180 g/mol. The minimum absolute atomic E-state index is 0.312. The third kappa shape index (κ3) is 1.09. The molecule has 0 amide bonds. The highest BCUT2D eigenvalue weighted by atomic mass is 16.5. The summed E-state index contributed by atoms with van der Waals surface area (Å²) in [6.45, 7) is 1.88. The first-order valence-electron chi connectivity index (χ1n) is 4.06. The standard InChI is InChI=1S/C9H8N4O/c1-5-7-3-6(4-10)9(14-2)11-8(7)13-12-5/h3H,1-2H3,(H,11,12,13). The zero-order valence-electron chi connectivity index (χ0n) is 7.83. The highest BCUT2D eigenvalue weighted by Crippen LogP contribution is 2.21. The van der Waals surface area contributed by atoms with Gasteiger partial charge in [-0.15, -0.1) is 0 Å². The Labute approximate surface area is 80.3 Å². The maximum absolute atomic E-state index is 8.84. The van der Waals surface area contributed by atoms with Crippen molar-refractivity contribution in [3.05, 3.63) is 17.3 Å². The fourth-order valence-electron chi connectivity index (χ4n) is 1.28. The number of ether oxygens (including phenoxy) is 1. The quantitative estimate of drug-likeness (QED) is 0.728. The average Bonchev–Trinajstić information content (AvgIpc) is 2.58. The lowest BCUT2D eigenvalue weighted by molar-refractivity contribution is 0.398. The number of hydrogen-bond acceptors (Lipinski definition) is 4.